The Morgan fingerprint density at radius 3 is 2.71 bits per heavy atom. The highest BCUT2D eigenvalue weighted by molar-refractivity contribution is 7.09. The number of aryl methyl sites for hydroxylation is 1. The molecule has 17 heavy (non-hydrogen) atoms. The Labute approximate surface area is 103 Å². The van der Waals surface area contributed by atoms with Gasteiger partial charge in [0.2, 0.25) is 0 Å². The van der Waals surface area contributed by atoms with Gasteiger partial charge in [0.15, 0.2) is 5.69 Å². The number of benzene rings is 1. The molecule has 0 fully saturated rings. The summed E-state index contributed by atoms with van der Waals surface area (Å²) in [6.07, 6.45) is 0. The van der Waals surface area contributed by atoms with Crippen LogP contribution in [0.5, 0.6) is 5.75 Å². The normalized spacial score (nSPS) is 10.2. The SMILES string of the molecule is Cc1ccc(OCc2nc(C(=O)O)cs2)cc1. The number of carboxylic acids is 1. The minimum atomic E-state index is -1.01. The molecule has 2 rings (SSSR count). The molecule has 0 atom stereocenters. The molecule has 0 saturated carbocycles. The molecule has 0 radical (unpaired) electrons. The average Bonchev–Trinajstić information content (AvgIpc) is 2.77. The van der Waals surface area contributed by atoms with Crippen LogP contribution < -0.4 is 4.74 Å². The molecule has 5 heteroatoms. The van der Waals surface area contributed by atoms with Crippen LogP contribution in [0.1, 0.15) is 21.1 Å². The van der Waals surface area contributed by atoms with Crippen LogP contribution in [0.4, 0.5) is 0 Å². The van der Waals surface area contributed by atoms with Gasteiger partial charge in [0, 0.05) is 5.38 Å². The fraction of sp³-hybridized carbons (Fsp3) is 0.167. The van der Waals surface area contributed by atoms with E-state index in [2.05, 4.69) is 4.98 Å². The molecule has 1 aromatic carbocycles. The highest BCUT2D eigenvalue weighted by Crippen LogP contribution is 2.16. The number of hydrogen-bond acceptors (Lipinski definition) is 4. The summed E-state index contributed by atoms with van der Waals surface area (Å²) in [4.78, 5) is 14.6. The summed E-state index contributed by atoms with van der Waals surface area (Å²) in [7, 11) is 0. The second-order valence-electron chi connectivity index (χ2n) is 3.53. The van der Waals surface area contributed by atoms with E-state index in [9.17, 15) is 4.79 Å². The molecule has 2 aromatic rings. The van der Waals surface area contributed by atoms with Gasteiger partial charge in [0.05, 0.1) is 0 Å². The summed E-state index contributed by atoms with van der Waals surface area (Å²) in [5.74, 6) is -0.259. The van der Waals surface area contributed by atoms with E-state index in [4.69, 9.17) is 9.84 Å². The highest BCUT2D eigenvalue weighted by atomic mass is 32.1. The molecule has 0 saturated heterocycles. The predicted octanol–water partition coefficient (Wildman–Crippen LogP) is 2.73. The molecule has 0 spiro atoms. The lowest BCUT2D eigenvalue weighted by molar-refractivity contribution is 0.0691. The number of thiazole rings is 1. The molecule has 4 nitrogen and oxygen atoms in total. The maximum absolute atomic E-state index is 10.6. The number of hydrogen-bond donors (Lipinski definition) is 1. The summed E-state index contributed by atoms with van der Waals surface area (Å²) in [5.41, 5.74) is 1.23. The second kappa shape index (κ2) is 4.97. The number of carboxylic acid groups (broad SMARTS) is 1. The molecule has 0 aliphatic heterocycles. The standard InChI is InChI=1S/C12H11NO3S/c1-8-2-4-9(5-3-8)16-6-11-13-10(7-17-11)12(14)15/h2-5,7H,6H2,1H3,(H,14,15). The summed E-state index contributed by atoms with van der Waals surface area (Å²) >= 11 is 1.28. The van der Waals surface area contributed by atoms with Crippen LogP contribution in [0.25, 0.3) is 0 Å². The van der Waals surface area contributed by atoms with E-state index in [0.717, 1.165) is 5.75 Å². The lowest BCUT2D eigenvalue weighted by Crippen LogP contribution is -1.99. The summed E-state index contributed by atoms with van der Waals surface area (Å²) < 4.78 is 5.50. The summed E-state index contributed by atoms with van der Waals surface area (Å²) in [6.45, 7) is 2.30. The molecule has 0 unspecified atom stereocenters. The van der Waals surface area contributed by atoms with E-state index in [1.807, 2.05) is 31.2 Å². The molecule has 0 aliphatic carbocycles. The average molecular weight is 249 g/mol. The van der Waals surface area contributed by atoms with Crippen LogP contribution in [0.2, 0.25) is 0 Å². The Balaban J connectivity index is 1.97. The first kappa shape index (κ1) is 11.6. The lowest BCUT2D eigenvalue weighted by atomic mass is 10.2. The van der Waals surface area contributed by atoms with Crippen molar-refractivity contribution in [3.8, 4) is 5.75 Å². The molecule has 0 amide bonds. The van der Waals surface area contributed by atoms with E-state index in [1.165, 1.54) is 22.3 Å². The third-order valence-electron chi connectivity index (χ3n) is 2.15. The van der Waals surface area contributed by atoms with E-state index in [-0.39, 0.29) is 5.69 Å². The Morgan fingerprint density at radius 1 is 1.41 bits per heavy atom. The minimum Gasteiger partial charge on any atom is -0.486 e. The Bertz CT molecular complexity index is 519. The maximum Gasteiger partial charge on any atom is 0.355 e. The summed E-state index contributed by atoms with van der Waals surface area (Å²) in [5, 5.41) is 10.9. The van der Waals surface area contributed by atoms with Gasteiger partial charge in [0.25, 0.3) is 0 Å². The first-order valence-electron chi connectivity index (χ1n) is 5.02. The Kier molecular flexibility index (Phi) is 3.39. The summed E-state index contributed by atoms with van der Waals surface area (Å²) in [6, 6.07) is 7.67. The van der Waals surface area contributed by atoms with E-state index < -0.39 is 5.97 Å². The molecule has 0 bridgehead atoms. The number of nitrogens with zero attached hydrogens (tertiary/aromatic N) is 1. The van der Waals surface area contributed by atoms with Gasteiger partial charge in [-0.3, -0.25) is 0 Å². The van der Waals surface area contributed by atoms with Crippen molar-refractivity contribution in [3.63, 3.8) is 0 Å². The van der Waals surface area contributed by atoms with Gasteiger partial charge < -0.3 is 9.84 Å². The number of aromatic nitrogens is 1. The molecule has 1 heterocycles. The van der Waals surface area contributed by atoms with Crippen LogP contribution in [-0.2, 0) is 6.61 Å². The van der Waals surface area contributed by atoms with Crippen molar-refractivity contribution >= 4 is 17.3 Å². The van der Waals surface area contributed by atoms with Crippen molar-refractivity contribution < 1.29 is 14.6 Å². The van der Waals surface area contributed by atoms with Gasteiger partial charge in [-0.25, -0.2) is 9.78 Å². The van der Waals surface area contributed by atoms with Gasteiger partial charge in [-0.15, -0.1) is 11.3 Å². The van der Waals surface area contributed by atoms with Gasteiger partial charge in [-0.05, 0) is 19.1 Å². The van der Waals surface area contributed by atoms with E-state index >= 15 is 0 Å². The van der Waals surface area contributed by atoms with Crippen molar-refractivity contribution in [2.45, 2.75) is 13.5 Å². The fourth-order valence-electron chi connectivity index (χ4n) is 1.25. The zero-order valence-corrected chi connectivity index (χ0v) is 10.0. The zero-order valence-electron chi connectivity index (χ0n) is 9.21. The Hall–Kier alpha value is -1.88. The quantitative estimate of drug-likeness (QED) is 0.905. The maximum atomic E-state index is 10.6. The molecule has 0 aliphatic rings. The molecular weight excluding hydrogens is 238 g/mol. The van der Waals surface area contributed by atoms with Gasteiger partial charge >= 0.3 is 5.97 Å². The lowest BCUT2D eigenvalue weighted by Gasteiger charge is -2.03. The van der Waals surface area contributed by atoms with Gasteiger partial charge in [-0.2, -0.15) is 0 Å². The van der Waals surface area contributed by atoms with Crippen molar-refractivity contribution in [1.29, 1.82) is 0 Å². The van der Waals surface area contributed by atoms with Crippen molar-refractivity contribution in [1.82, 2.24) is 4.98 Å². The Morgan fingerprint density at radius 2 is 2.12 bits per heavy atom. The number of aromatic carboxylic acids is 1. The fourth-order valence-corrected chi connectivity index (χ4v) is 1.93. The zero-order chi connectivity index (χ0) is 12.3. The monoisotopic (exact) mass is 249 g/mol. The smallest absolute Gasteiger partial charge is 0.355 e. The number of carbonyl (C=O) groups is 1. The van der Waals surface area contributed by atoms with Crippen LogP contribution in [-0.4, -0.2) is 16.1 Å². The van der Waals surface area contributed by atoms with Gasteiger partial charge in [-0.1, -0.05) is 17.7 Å². The first-order chi connectivity index (χ1) is 8.15. The number of ether oxygens (including phenoxy) is 1. The van der Waals surface area contributed by atoms with Crippen LogP contribution >= 0.6 is 11.3 Å². The highest BCUT2D eigenvalue weighted by Gasteiger charge is 2.08. The topological polar surface area (TPSA) is 59.4 Å². The van der Waals surface area contributed by atoms with Crippen molar-refractivity contribution in [2.75, 3.05) is 0 Å². The van der Waals surface area contributed by atoms with Crippen molar-refractivity contribution in [3.05, 3.63) is 45.9 Å². The molecule has 1 N–H and O–H groups in total. The number of rotatable bonds is 4. The predicted molar refractivity (Wildman–Crippen MR) is 64.6 cm³/mol. The van der Waals surface area contributed by atoms with Crippen molar-refractivity contribution in [2.24, 2.45) is 0 Å². The third kappa shape index (κ3) is 3.04. The van der Waals surface area contributed by atoms with E-state index in [0.29, 0.717) is 11.6 Å². The van der Waals surface area contributed by atoms with E-state index in [1.54, 1.807) is 0 Å². The molecule has 88 valence electrons. The first-order valence-corrected chi connectivity index (χ1v) is 5.90. The second-order valence-corrected chi connectivity index (χ2v) is 4.48. The van der Waals surface area contributed by atoms with Crippen LogP contribution in [0.3, 0.4) is 0 Å². The van der Waals surface area contributed by atoms with Crippen LogP contribution in [0.15, 0.2) is 29.6 Å². The van der Waals surface area contributed by atoms with Gasteiger partial charge in [0.1, 0.15) is 17.4 Å². The molecular formula is C12H11NO3S. The molecule has 1 aromatic heterocycles. The minimum absolute atomic E-state index is 0.0671. The van der Waals surface area contributed by atoms with Crippen LogP contribution in [0, 0.1) is 6.92 Å². The third-order valence-corrected chi connectivity index (χ3v) is 2.98. The largest absolute Gasteiger partial charge is 0.486 e.